The number of carbonyl (C=O) groups is 1. The smallest absolute Gasteiger partial charge is 0.403 e. The van der Waals surface area contributed by atoms with Crippen molar-refractivity contribution in [2.45, 2.75) is 12.6 Å². The van der Waals surface area contributed by atoms with Gasteiger partial charge in [0.2, 0.25) is 0 Å². The molecule has 0 aromatic carbocycles. The van der Waals surface area contributed by atoms with Crippen molar-refractivity contribution in [2.75, 3.05) is 18.1 Å². The van der Waals surface area contributed by atoms with Gasteiger partial charge in [-0.15, -0.1) is 0 Å². The Bertz CT molecular complexity index is 184. The summed E-state index contributed by atoms with van der Waals surface area (Å²) in [6.45, 7) is -0.100. The van der Waals surface area contributed by atoms with Crippen molar-refractivity contribution in [3.05, 3.63) is 0 Å². The molecular formula is C7H11F3O3S. The van der Waals surface area contributed by atoms with Crippen molar-refractivity contribution in [1.82, 2.24) is 0 Å². The second-order valence-electron chi connectivity index (χ2n) is 2.58. The summed E-state index contributed by atoms with van der Waals surface area (Å²) in [6.07, 6.45) is -4.33. The summed E-state index contributed by atoms with van der Waals surface area (Å²) in [5.74, 6) is -4.34. The number of aliphatic carboxylic acids is 1. The molecule has 0 aromatic heterocycles. The van der Waals surface area contributed by atoms with Crippen molar-refractivity contribution in [1.29, 1.82) is 0 Å². The van der Waals surface area contributed by atoms with Gasteiger partial charge in [0.1, 0.15) is 0 Å². The third-order valence-electron chi connectivity index (χ3n) is 1.42. The van der Waals surface area contributed by atoms with Crippen LogP contribution in [0.3, 0.4) is 0 Å². The van der Waals surface area contributed by atoms with Gasteiger partial charge in [-0.25, -0.2) is 0 Å². The van der Waals surface area contributed by atoms with E-state index in [2.05, 4.69) is 0 Å². The van der Waals surface area contributed by atoms with Gasteiger partial charge in [-0.05, 0) is 12.2 Å². The molecule has 7 heteroatoms. The molecule has 0 aliphatic heterocycles. The molecule has 0 saturated heterocycles. The Balaban J connectivity index is 3.94. The zero-order chi connectivity index (χ0) is 11.2. The first kappa shape index (κ1) is 13.6. The summed E-state index contributed by atoms with van der Waals surface area (Å²) in [4.78, 5) is 10.2. The number of aliphatic hydroxyl groups excluding tert-OH is 1. The van der Waals surface area contributed by atoms with Gasteiger partial charge in [0, 0.05) is 12.4 Å². The minimum Gasteiger partial charge on any atom is -0.481 e. The number of halogens is 3. The van der Waals surface area contributed by atoms with E-state index in [1.807, 2.05) is 0 Å². The number of carboxylic acid groups (broad SMARTS) is 1. The highest BCUT2D eigenvalue weighted by Gasteiger charge is 2.44. The van der Waals surface area contributed by atoms with Crippen LogP contribution in [0.4, 0.5) is 13.2 Å². The Kier molecular flexibility index (Phi) is 5.94. The predicted molar refractivity (Wildman–Crippen MR) is 46.2 cm³/mol. The maximum absolute atomic E-state index is 12.0. The molecule has 84 valence electrons. The minimum atomic E-state index is -4.70. The van der Waals surface area contributed by atoms with E-state index in [4.69, 9.17) is 10.2 Å². The number of hydrogen-bond donors (Lipinski definition) is 2. The largest absolute Gasteiger partial charge is 0.481 e. The van der Waals surface area contributed by atoms with Gasteiger partial charge in [0.05, 0.1) is 0 Å². The first-order valence-corrected chi connectivity index (χ1v) is 5.03. The highest BCUT2D eigenvalue weighted by atomic mass is 32.2. The fourth-order valence-electron chi connectivity index (χ4n) is 0.674. The average molecular weight is 232 g/mol. The summed E-state index contributed by atoms with van der Waals surface area (Å²) in [5.41, 5.74) is 0. The van der Waals surface area contributed by atoms with Gasteiger partial charge >= 0.3 is 12.1 Å². The molecule has 1 unspecified atom stereocenters. The van der Waals surface area contributed by atoms with Crippen LogP contribution in [0.25, 0.3) is 0 Å². The lowest BCUT2D eigenvalue weighted by Crippen LogP contribution is -2.32. The van der Waals surface area contributed by atoms with Crippen LogP contribution in [0, 0.1) is 5.92 Å². The molecule has 0 aromatic rings. The van der Waals surface area contributed by atoms with Gasteiger partial charge in [0.15, 0.2) is 5.92 Å². The Morgan fingerprint density at radius 3 is 2.36 bits per heavy atom. The van der Waals surface area contributed by atoms with E-state index in [0.717, 1.165) is 11.8 Å². The monoisotopic (exact) mass is 232 g/mol. The maximum Gasteiger partial charge on any atom is 0.403 e. The summed E-state index contributed by atoms with van der Waals surface area (Å²) in [6, 6.07) is 0. The summed E-state index contributed by atoms with van der Waals surface area (Å²) >= 11 is 0.880. The van der Waals surface area contributed by atoms with E-state index in [1.165, 1.54) is 0 Å². The number of alkyl halides is 3. The van der Waals surface area contributed by atoms with E-state index in [1.54, 1.807) is 0 Å². The van der Waals surface area contributed by atoms with Crippen molar-refractivity contribution < 1.29 is 28.2 Å². The minimum absolute atomic E-state index is 0.100. The van der Waals surface area contributed by atoms with Crippen LogP contribution in [-0.4, -0.2) is 40.5 Å². The molecule has 2 N–H and O–H groups in total. The van der Waals surface area contributed by atoms with E-state index >= 15 is 0 Å². The zero-order valence-corrected chi connectivity index (χ0v) is 8.07. The topological polar surface area (TPSA) is 57.5 Å². The molecule has 0 bridgehead atoms. The van der Waals surface area contributed by atoms with E-state index in [-0.39, 0.29) is 6.61 Å². The van der Waals surface area contributed by atoms with Crippen LogP contribution >= 0.6 is 11.8 Å². The van der Waals surface area contributed by atoms with Gasteiger partial charge in [0.25, 0.3) is 0 Å². The molecule has 3 nitrogen and oxygen atoms in total. The summed E-state index contributed by atoms with van der Waals surface area (Å²) < 4.78 is 36.1. The van der Waals surface area contributed by atoms with Crippen LogP contribution in [-0.2, 0) is 4.79 Å². The molecule has 1 atom stereocenters. The fraction of sp³-hybridized carbons (Fsp3) is 0.857. The lowest BCUT2D eigenvalue weighted by molar-refractivity contribution is -0.188. The lowest BCUT2D eigenvalue weighted by Gasteiger charge is -2.15. The van der Waals surface area contributed by atoms with Crippen LogP contribution < -0.4 is 0 Å². The molecule has 0 amide bonds. The Hall–Kier alpha value is -0.430. The van der Waals surface area contributed by atoms with Gasteiger partial charge < -0.3 is 10.2 Å². The molecule has 0 heterocycles. The van der Waals surface area contributed by atoms with Crippen LogP contribution in [0.1, 0.15) is 6.42 Å². The molecule has 0 radical (unpaired) electrons. The highest BCUT2D eigenvalue weighted by molar-refractivity contribution is 7.99. The molecule has 0 fully saturated rings. The molecule has 0 aliphatic carbocycles. The number of hydrogen-bond acceptors (Lipinski definition) is 3. The van der Waals surface area contributed by atoms with E-state index < -0.39 is 23.8 Å². The first-order chi connectivity index (χ1) is 6.39. The zero-order valence-electron chi connectivity index (χ0n) is 7.25. The molecule has 0 aliphatic rings. The molecular weight excluding hydrogens is 221 g/mol. The van der Waals surface area contributed by atoms with Crippen LogP contribution in [0.2, 0.25) is 0 Å². The van der Waals surface area contributed by atoms with Gasteiger partial charge in [-0.3, -0.25) is 4.79 Å². The fourth-order valence-corrected chi connectivity index (χ4v) is 1.74. The Labute approximate surface area is 83.3 Å². The predicted octanol–water partition coefficient (Wildman–Crippen LogP) is 1.37. The number of aliphatic hydroxyl groups is 1. The second-order valence-corrected chi connectivity index (χ2v) is 3.73. The van der Waals surface area contributed by atoms with Crippen molar-refractivity contribution >= 4 is 17.7 Å². The Morgan fingerprint density at radius 2 is 2.00 bits per heavy atom. The molecule has 0 saturated carbocycles. The third-order valence-corrected chi connectivity index (χ3v) is 2.57. The van der Waals surface area contributed by atoms with E-state index in [0.29, 0.717) is 12.2 Å². The summed E-state index contributed by atoms with van der Waals surface area (Å²) in [5, 5.41) is 16.6. The van der Waals surface area contributed by atoms with Crippen molar-refractivity contribution in [2.24, 2.45) is 5.92 Å². The average Bonchev–Trinajstić information content (AvgIpc) is 2.01. The quantitative estimate of drug-likeness (QED) is 0.679. The van der Waals surface area contributed by atoms with Crippen molar-refractivity contribution in [3.63, 3.8) is 0 Å². The third kappa shape index (κ3) is 5.33. The van der Waals surface area contributed by atoms with Crippen LogP contribution in [0.5, 0.6) is 0 Å². The van der Waals surface area contributed by atoms with Crippen LogP contribution in [0.15, 0.2) is 0 Å². The first-order valence-electron chi connectivity index (χ1n) is 3.87. The number of thioether (sulfide) groups is 1. The second kappa shape index (κ2) is 6.13. The van der Waals surface area contributed by atoms with Crippen molar-refractivity contribution in [3.8, 4) is 0 Å². The molecule has 0 rings (SSSR count). The number of rotatable bonds is 6. The van der Waals surface area contributed by atoms with E-state index in [9.17, 15) is 18.0 Å². The standard InChI is InChI=1S/C7H11F3O3S/c8-7(9,10)5(6(12)13)4-14-3-1-2-11/h5,11H,1-4H2,(H,12,13). The Morgan fingerprint density at radius 1 is 1.43 bits per heavy atom. The van der Waals surface area contributed by atoms with Gasteiger partial charge in [-0.1, -0.05) is 0 Å². The molecule has 0 spiro atoms. The summed E-state index contributed by atoms with van der Waals surface area (Å²) in [7, 11) is 0. The lowest BCUT2D eigenvalue weighted by atomic mass is 10.2. The highest BCUT2D eigenvalue weighted by Crippen LogP contribution is 2.29. The molecule has 14 heavy (non-hydrogen) atoms. The normalized spacial score (nSPS) is 14.0. The van der Waals surface area contributed by atoms with Gasteiger partial charge in [-0.2, -0.15) is 24.9 Å². The SMILES string of the molecule is O=C(O)C(CSCCCO)C(F)(F)F. The number of carboxylic acids is 1. The maximum atomic E-state index is 12.0.